The van der Waals surface area contributed by atoms with Gasteiger partial charge >= 0.3 is 0 Å². The van der Waals surface area contributed by atoms with Crippen LogP contribution in [0.25, 0.3) is 22.5 Å². The molecule has 3 N–H and O–H groups in total. The zero-order valence-corrected chi connectivity index (χ0v) is 13.6. The molecule has 0 fully saturated rings. The second-order valence-corrected chi connectivity index (χ2v) is 5.64. The van der Waals surface area contributed by atoms with E-state index in [2.05, 4.69) is 9.97 Å². The summed E-state index contributed by atoms with van der Waals surface area (Å²) >= 11 is 0. The molecular formula is C19H17F2N3O. The second-order valence-electron chi connectivity index (χ2n) is 5.64. The first-order valence-electron chi connectivity index (χ1n) is 7.76. The van der Waals surface area contributed by atoms with Gasteiger partial charge in [0.25, 0.3) is 0 Å². The second kappa shape index (κ2) is 7.04. The summed E-state index contributed by atoms with van der Waals surface area (Å²) in [5.74, 6) is -1.39. The smallest absolute Gasteiger partial charge is 0.135 e. The minimum atomic E-state index is -0.723. The van der Waals surface area contributed by atoms with E-state index in [-0.39, 0.29) is 17.9 Å². The average Bonchev–Trinajstić information content (AvgIpc) is 2.62. The highest BCUT2D eigenvalue weighted by atomic mass is 19.1. The summed E-state index contributed by atoms with van der Waals surface area (Å²) in [5, 5.41) is 9.70. The molecule has 128 valence electrons. The summed E-state index contributed by atoms with van der Waals surface area (Å²) in [6.45, 7) is 1.72. The Kier molecular flexibility index (Phi) is 4.83. The number of aliphatic hydroxyl groups is 1. The molecule has 2 aromatic carbocycles. The molecule has 0 saturated heterocycles. The van der Waals surface area contributed by atoms with Gasteiger partial charge in [-0.25, -0.2) is 18.7 Å². The van der Waals surface area contributed by atoms with Crippen LogP contribution in [0.15, 0.2) is 42.5 Å². The minimum absolute atomic E-state index is 0.142. The molecule has 0 aliphatic carbocycles. The van der Waals surface area contributed by atoms with E-state index < -0.39 is 11.6 Å². The van der Waals surface area contributed by atoms with Crippen molar-refractivity contribution in [3.63, 3.8) is 0 Å². The van der Waals surface area contributed by atoms with Crippen LogP contribution in [0.2, 0.25) is 0 Å². The Hall–Kier alpha value is -2.70. The van der Waals surface area contributed by atoms with Gasteiger partial charge in [-0.05, 0) is 30.7 Å². The third-order valence-corrected chi connectivity index (χ3v) is 3.91. The third kappa shape index (κ3) is 3.40. The Morgan fingerprint density at radius 2 is 1.84 bits per heavy atom. The van der Waals surface area contributed by atoms with E-state index in [1.165, 1.54) is 6.07 Å². The van der Waals surface area contributed by atoms with Crippen molar-refractivity contribution >= 4 is 0 Å². The molecule has 1 heterocycles. The summed E-state index contributed by atoms with van der Waals surface area (Å²) in [4.78, 5) is 8.88. The lowest BCUT2D eigenvalue weighted by Crippen LogP contribution is -2.04. The zero-order valence-electron chi connectivity index (χ0n) is 13.6. The molecule has 1 aromatic heterocycles. The third-order valence-electron chi connectivity index (χ3n) is 3.91. The van der Waals surface area contributed by atoms with Gasteiger partial charge in [0.05, 0.1) is 29.4 Å². The van der Waals surface area contributed by atoms with Crippen molar-refractivity contribution in [1.29, 1.82) is 0 Å². The van der Waals surface area contributed by atoms with Crippen LogP contribution in [-0.4, -0.2) is 15.1 Å². The first-order chi connectivity index (χ1) is 12.0. The predicted molar refractivity (Wildman–Crippen MR) is 91.4 cm³/mol. The van der Waals surface area contributed by atoms with Gasteiger partial charge in [0.15, 0.2) is 0 Å². The molecule has 0 amide bonds. The summed E-state index contributed by atoms with van der Waals surface area (Å²) < 4.78 is 27.2. The summed E-state index contributed by atoms with van der Waals surface area (Å²) in [6.07, 6.45) is 0. The van der Waals surface area contributed by atoms with Crippen molar-refractivity contribution in [3.8, 4) is 22.5 Å². The Morgan fingerprint density at radius 1 is 1.04 bits per heavy atom. The number of hydrogen-bond donors (Lipinski definition) is 2. The highest BCUT2D eigenvalue weighted by molar-refractivity contribution is 5.68. The largest absolute Gasteiger partial charge is 0.390 e. The standard InChI is InChI=1S/C19H17F2N3O/c1-11-18(15-6-5-14(20)8-16(15)21)24-17(10-25)19(23-11)13-4-2-3-12(7-13)9-22/h2-8,25H,9-10,22H2,1H3. The minimum Gasteiger partial charge on any atom is -0.390 e. The maximum Gasteiger partial charge on any atom is 0.135 e. The van der Waals surface area contributed by atoms with Crippen LogP contribution in [0.1, 0.15) is 17.0 Å². The van der Waals surface area contributed by atoms with Gasteiger partial charge in [0.2, 0.25) is 0 Å². The molecular weight excluding hydrogens is 324 g/mol. The van der Waals surface area contributed by atoms with Crippen molar-refractivity contribution in [2.24, 2.45) is 5.73 Å². The van der Waals surface area contributed by atoms with Gasteiger partial charge < -0.3 is 10.8 Å². The lowest BCUT2D eigenvalue weighted by molar-refractivity contribution is 0.277. The SMILES string of the molecule is Cc1nc(-c2cccc(CN)c2)c(CO)nc1-c1ccc(F)cc1F. The van der Waals surface area contributed by atoms with Gasteiger partial charge in [-0.15, -0.1) is 0 Å². The van der Waals surface area contributed by atoms with E-state index >= 15 is 0 Å². The molecule has 0 radical (unpaired) electrons. The highest BCUT2D eigenvalue weighted by Crippen LogP contribution is 2.29. The molecule has 0 atom stereocenters. The van der Waals surface area contributed by atoms with Crippen LogP contribution >= 0.6 is 0 Å². The molecule has 0 aliphatic heterocycles. The zero-order chi connectivity index (χ0) is 18.0. The number of aromatic nitrogens is 2. The van der Waals surface area contributed by atoms with Crippen molar-refractivity contribution in [2.75, 3.05) is 0 Å². The number of aliphatic hydroxyl groups excluding tert-OH is 1. The van der Waals surface area contributed by atoms with Gasteiger partial charge in [-0.1, -0.05) is 18.2 Å². The average molecular weight is 341 g/mol. The number of nitrogens with two attached hydrogens (primary N) is 1. The number of halogens is 2. The number of benzene rings is 2. The number of hydrogen-bond acceptors (Lipinski definition) is 4. The maximum atomic E-state index is 14.1. The molecule has 0 unspecified atom stereocenters. The fourth-order valence-electron chi connectivity index (χ4n) is 2.68. The Bertz CT molecular complexity index is 929. The molecule has 0 aliphatic rings. The lowest BCUT2D eigenvalue weighted by Gasteiger charge is -2.13. The van der Waals surface area contributed by atoms with E-state index in [4.69, 9.17) is 5.73 Å². The molecule has 0 bridgehead atoms. The lowest BCUT2D eigenvalue weighted by atomic mass is 10.0. The Balaban J connectivity index is 2.16. The van der Waals surface area contributed by atoms with Crippen molar-refractivity contribution in [3.05, 3.63) is 71.1 Å². The monoisotopic (exact) mass is 341 g/mol. The normalized spacial score (nSPS) is 10.9. The van der Waals surface area contributed by atoms with Crippen LogP contribution in [0.4, 0.5) is 8.78 Å². The fourth-order valence-corrected chi connectivity index (χ4v) is 2.68. The number of aryl methyl sites for hydroxylation is 1. The van der Waals surface area contributed by atoms with Crippen LogP contribution in [0, 0.1) is 18.6 Å². The number of rotatable bonds is 4. The van der Waals surface area contributed by atoms with Gasteiger partial charge in [-0.2, -0.15) is 0 Å². The van der Waals surface area contributed by atoms with Gasteiger partial charge in [-0.3, -0.25) is 0 Å². The van der Waals surface area contributed by atoms with Crippen LogP contribution in [0.3, 0.4) is 0 Å². The van der Waals surface area contributed by atoms with Crippen LogP contribution < -0.4 is 5.73 Å². The molecule has 4 nitrogen and oxygen atoms in total. The maximum absolute atomic E-state index is 14.1. The van der Waals surface area contributed by atoms with Gasteiger partial charge in [0.1, 0.15) is 11.6 Å². The van der Waals surface area contributed by atoms with Crippen LogP contribution in [0.5, 0.6) is 0 Å². The topological polar surface area (TPSA) is 72.0 Å². The van der Waals surface area contributed by atoms with E-state index in [0.717, 1.165) is 23.3 Å². The van der Waals surface area contributed by atoms with Crippen molar-refractivity contribution in [1.82, 2.24) is 9.97 Å². The highest BCUT2D eigenvalue weighted by Gasteiger charge is 2.17. The molecule has 3 rings (SSSR count). The Morgan fingerprint density at radius 3 is 2.52 bits per heavy atom. The molecule has 3 aromatic rings. The summed E-state index contributed by atoms with van der Waals surface area (Å²) in [7, 11) is 0. The Labute approximate surface area is 144 Å². The van der Waals surface area contributed by atoms with E-state index in [0.29, 0.717) is 23.6 Å². The summed E-state index contributed by atoms with van der Waals surface area (Å²) in [6, 6.07) is 10.7. The van der Waals surface area contributed by atoms with E-state index in [9.17, 15) is 13.9 Å². The molecule has 0 spiro atoms. The van der Waals surface area contributed by atoms with Crippen molar-refractivity contribution < 1.29 is 13.9 Å². The van der Waals surface area contributed by atoms with E-state index in [1.54, 1.807) is 6.92 Å². The van der Waals surface area contributed by atoms with Crippen molar-refractivity contribution in [2.45, 2.75) is 20.1 Å². The van der Waals surface area contributed by atoms with Gasteiger partial charge in [0, 0.05) is 23.7 Å². The number of nitrogens with zero attached hydrogens (tertiary/aromatic N) is 2. The summed E-state index contributed by atoms with van der Waals surface area (Å²) in [5.41, 5.74) is 9.10. The molecule has 6 heteroatoms. The molecule has 25 heavy (non-hydrogen) atoms. The van der Waals surface area contributed by atoms with Crippen LogP contribution in [-0.2, 0) is 13.2 Å². The quantitative estimate of drug-likeness (QED) is 0.763. The predicted octanol–water partition coefficient (Wildman–Crippen LogP) is 3.35. The first kappa shape index (κ1) is 17.1. The first-order valence-corrected chi connectivity index (χ1v) is 7.76. The van der Waals surface area contributed by atoms with E-state index in [1.807, 2.05) is 24.3 Å². The fraction of sp³-hybridized carbons (Fsp3) is 0.158. The molecule has 0 saturated carbocycles.